The Morgan fingerprint density at radius 3 is 2.84 bits per heavy atom. The highest BCUT2D eigenvalue weighted by Crippen LogP contribution is 2.22. The van der Waals surface area contributed by atoms with Crippen molar-refractivity contribution in [2.45, 2.75) is 31.4 Å². The number of benzene rings is 1. The number of carbonyl (C=O) groups excluding carboxylic acids is 1. The summed E-state index contributed by atoms with van der Waals surface area (Å²) in [6, 6.07) is 6.53. The fourth-order valence-corrected chi connectivity index (χ4v) is 5.18. The van der Waals surface area contributed by atoms with E-state index in [1.807, 2.05) is 0 Å². The van der Waals surface area contributed by atoms with Crippen LogP contribution in [0.3, 0.4) is 0 Å². The lowest BCUT2D eigenvalue weighted by molar-refractivity contribution is -0.137. The molecule has 6 nitrogen and oxygen atoms in total. The molecule has 2 aliphatic rings. The average molecular weight is 388 g/mol. The van der Waals surface area contributed by atoms with Crippen molar-refractivity contribution in [3.8, 4) is 5.75 Å². The van der Waals surface area contributed by atoms with Crippen molar-refractivity contribution in [1.82, 2.24) is 4.90 Å². The van der Waals surface area contributed by atoms with Crippen LogP contribution in [-0.2, 0) is 19.4 Å². The number of sulfone groups is 1. The molecule has 3 rings (SSSR count). The van der Waals surface area contributed by atoms with E-state index in [4.69, 9.17) is 21.1 Å². The zero-order chi connectivity index (χ0) is 17.9. The van der Waals surface area contributed by atoms with Gasteiger partial charge in [-0.25, -0.2) is 8.42 Å². The summed E-state index contributed by atoms with van der Waals surface area (Å²) < 4.78 is 34.8. The molecule has 8 heteroatoms. The molecule has 2 saturated heterocycles. The van der Waals surface area contributed by atoms with Gasteiger partial charge < -0.3 is 14.4 Å². The summed E-state index contributed by atoms with van der Waals surface area (Å²) in [7, 11) is -3.07. The van der Waals surface area contributed by atoms with Crippen molar-refractivity contribution in [3.05, 3.63) is 29.3 Å². The Morgan fingerprint density at radius 2 is 2.20 bits per heavy atom. The summed E-state index contributed by atoms with van der Waals surface area (Å²) in [6.45, 7) is 0.955. The first-order valence-electron chi connectivity index (χ1n) is 8.43. The Labute approximate surface area is 153 Å². The van der Waals surface area contributed by atoms with E-state index in [-0.39, 0.29) is 36.2 Å². The highest BCUT2D eigenvalue weighted by atomic mass is 35.5. The van der Waals surface area contributed by atoms with Crippen LogP contribution in [0.25, 0.3) is 0 Å². The van der Waals surface area contributed by atoms with Crippen LogP contribution in [0.4, 0.5) is 0 Å². The van der Waals surface area contributed by atoms with Gasteiger partial charge in [-0.05, 0) is 37.5 Å². The van der Waals surface area contributed by atoms with Gasteiger partial charge in [-0.2, -0.15) is 0 Å². The van der Waals surface area contributed by atoms with Crippen LogP contribution in [0.1, 0.15) is 19.3 Å². The third-order valence-electron chi connectivity index (χ3n) is 4.55. The number of nitrogens with zero attached hydrogens (tertiary/aromatic N) is 1. The Balaban J connectivity index is 1.65. The van der Waals surface area contributed by atoms with Crippen molar-refractivity contribution >= 4 is 27.3 Å². The molecule has 0 aliphatic carbocycles. The molecule has 1 aromatic carbocycles. The molecule has 25 heavy (non-hydrogen) atoms. The standard InChI is InChI=1S/C17H22ClNO5S/c18-13-3-1-4-15(9-13)24-11-17(20)19(10-16-5-2-7-23-16)14-6-8-25(21,22)12-14/h1,3-4,9,14,16H,2,5-8,10-12H2/t14-,16-/m0/s1. The van der Waals surface area contributed by atoms with Gasteiger partial charge in [0.25, 0.3) is 5.91 Å². The van der Waals surface area contributed by atoms with Crippen molar-refractivity contribution < 1.29 is 22.7 Å². The SMILES string of the molecule is O=C(COc1cccc(Cl)c1)N(C[C@@H]1CCCO1)[C@H]1CCS(=O)(=O)C1. The first kappa shape index (κ1) is 18.5. The molecule has 0 spiro atoms. The van der Waals surface area contributed by atoms with Gasteiger partial charge in [0.05, 0.1) is 17.6 Å². The Bertz CT molecular complexity index is 718. The highest BCUT2D eigenvalue weighted by Gasteiger charge is 2.36. The molecule has 138 valence electrons. The number of ether oxygens (including phenoxy) is 2. The predicted molar refractivity (Wildman–Crippen MR) is 94.7 cm³/mol. The first-order chi connectivity index (χ1) is 11.9. The molecule has 2 heterocycles. The first-order valence-corrected chi connectivity index (χ1v) is 10.6. The summed E-state index contributed by atoms with van der Waals surface area (Å²) in [6.07, 6.45) is 2.30. The third-order valence-corrected chi connectivity index (χ3v) is 6.54. The van der Waals surface area contributed by atoms with E-state index >= 15 is 0 Å². The van der Waals surface area contributed by atoms with Gasteiger partial charge in [0.15, 0.2) is 16.4 Å². The number of hydrogen-bond acceptors (Lipinski definition) is 5. The van der Waals surface area contributed by atoms with Crippen molar-refractivity contribution in [3.63, 3.8) is 0 Å². The largest absolute Gasteiger partial charge is 0.484 e. The van der Waals surface area contributed by atoms with Gasteiger partial charge in [0.2, 0.25) is 0 Å². The number of carbonyl (C=O) groups is 1. The lowest BCUT2D eigenvalue weighted by Gasteiger charge is -2.30. The molecule has 2 aliphatic heterocycles. The monoisotopic (exact) mass is 387 g/mol. The fraction of sp³-hybridized carbons (Fsp3) is 0.588. The smallest absolute Gasteiger partial charge is 0.260 e. The molecule has 0 aromatic heterocycles. The molecule has 0 N–H and O–H groups in total. The molecule has 1 aromatic rings. The summed E-state index contributed by atoms with van der Waals surface area (Å²) in [5.41, 5.74) is 0. The Hall–Kier alpha value is -1.31. The van der Waals surface area contributed by atoms with Gasteiger partial charge in [-0.3, -0.25) is 4.79 Å². The maximum Gasteiger partial charge on any atom is 0.260 e. The average Bonchev–Trinajstić information content (AvgIpc) is 3.19. The van der Waals surface area contributed by atoms with Crippen molar-refractivity contribution in [2.75, 3.05) is 31.3 Å². The molecule has 2 fully saturated rings. The minimum atomic E-state index is -3.07. The Kier molecular flexibility index (Phi) is 5.86. The highest BCUT2D eigenvalue weighted by molar-refractivity contribution is 7.91. The molecule has 0 bridgehead atoms. The van der Waals surface area contributed by atoms with E-state index < -0.39 is 9.84 Å². The second-order valence-corrected chi connectivity index (χ2v) is 9.15. The van der Waals surface area contributed by atoms with E-state index in [1.54, 1.807) is 29.2 Å². The van der Waals surface area contributed by atoms with E-state index in [0.29, 0.717) is 30.3 Å². The van der Waals surface area contributed by atoms with Crippen LogP contribution in [0.15, 0.2) is 24.3 Å². The second kappa shape index (κ2) is 7.93. The van der Waals surface area contributed by atoms with Gasteiger partial charge in [-0.15, -0.1) is 0 Å². The van der Waals surface area contributed by atoms with E-state index in [1.165, 1.54) is 0 Å². The molecular weight excluding hydrogens is 366 g/mol. The zero-order valence-corrected chi connectivity index (χ0v) is 15.5. The lowest BCUT2D eigenvalue weighted by atomic mass is 10.1. The predicted octanol–water partition coefficient (Wildman–Crippen LogP) is 1.91. The van der Waals surface area contributed by atoms with Crippen LogP contribution < -0.4 is 4.74 Å². The molecule has 0 unspecified atom stereocenters. The van der Waals surface area contributed by atoms with Crippen LogP contribution in [-0.4, -0.2) is 62.6 Å². The molecule has 2 atom stereocenters. The summed E-state index contributed by atoms with van der Waals surface area (Å²) in [5, 5.41) is 0.531. The second-order valence-electron chi connectivity index (χ2n) is 6.48. The molecule has 1 amide bonds. The van der Waals surface area contributed by atoms with Crippen LogP contribution in [0.2, 0.25) is 5.02 Å². The molecule has 0 radical (unpaired) electrons. The zero-order valence-electron chi connectivity index (χ0n) is 13.9. The summed E-state index contributed by atoms with van der Waals surface area (Å²) >= 11 is 5.91. The van der Waals surface area contributed by atoms with E-state index in [0.717, 1.165) is 12.8 Å². The summed E-state index contributed by atoms with van der Waals surface area (Å²) in [4.78, 5) is 14.3. The number of amides is 1. The lowest BCUT2D eigenvalue weighted by Crippen LogP contribution is -2.47. The van der Waals surface area contributed by atoms with Crippen molar-refractivity contribution in [2.24, 2.45) is 0 Å². The molecular formula is C17H22ClNO5S. The van der Waals surface area contributed by atoms with Crippen molar-refractivity contribution in [1.29, 1.82) is 0 Å². The van der Waals surface area contributed by atoms with E-state index in [2.05, 4.69) is 0 Å². The summed E-state index contributed by atoms with van der Waals surface area (Å²) in [5.74, 6) is 0.430. The van der Waals surface area contributed by atoms with Crippen LogP contribution in [0, 0.1) is 0 Å². The van der Waals surface area contributed by atoms with Gasteiger partial charge in [0, 0.05) is 24.2 Å². The number of halogens is 1. The van der Waals surface area contributed by atoms with Gasteiger partial charge in [-0.1, -0.05) is 17.7 Å². The maximum atomic E-state index is 12.7. The number of hydrogen-bond donors (Lipinski definition) is 0. The minimum absolute atomic E-state index is 0.0165. The minimum Gasteiger partial charge on any atom is -0.484 e. The normalized spacial score (nSPS) is 25.0. The Morgan fingerprint density at radius 1 is 1.36 bits per heavy atom. The van der Waals surface area contributed by atoms with Crippen LogP contribution >= 0.6 is 11.6 Å². The topological polar surface area (TPSA) is 72.9 Å². The van der Waals surface area contributed by atoms with E-state index in [9.17, 15) is 13.2 Å². The fourth-order valence-electron chi connectivity index (χ4n) is 3.27. The van der Waals surface area contributed by atoms with Gasteiger partial charge >= 0.3 is 0 Å². The quantitative estimate of drug-likeness (QED) is 0.745. The third kappa shape index (κ3) is 5.09. The maximum absolute atomic E-state index is 12.7. The van der Waals surface area contributed by atoms with Gasteiger partial charge in [0.1, 0.15) is 5.75 Å². The molecule has 0 saturated carbocycles. The van der Waals surface area contributed by atoms with Crippen LogP contribution in [0.5, 0.6) is 5.75 Å². The number of rotatable bonds is 6.